The lowest BCUT2D eigenvalue weighted by Crippen LogP contribution is -2.44. The minimum absolute atomic E-state index is 0.682. The Hall–Kier alpha value is -0.880. The Balaban J connectivity index is 2.52. The Morgan fingerprint density at radius 1 is 1.33 bits per heavy atom. The molecule has 0 aliphatic heterocycles. The van der Waals surface area contributed by atoms with E-state index in [1.165, 1.54) is 18.7 Å². The standard InChI is InChI=1S/C11H11ClF3NOS/c1-7(16-10(17)11(13,14)15)9(12)18-8-5-3-2-4-6-8/h2-7,9H,1H3,(H,16,17). The summed E-state index contributed by atoms with van der Waals surface area (Å²) in [5, 5.41) is 1.82. The van der Waals surface area contributed by atoms with Crippen molar-refractivity contribution < 1.29 is 18.0 Å². The van der Waals surface area contributed by atoms with Crippen LogP contribution in [0.3, 0.4) is 0 Å². The first-order valence-electron chi connectivity index (χ1n) is 5.04. The van der Waals surface area contributed by atoms with Gasteiger partial charge in [-0.15, -0.1) is 23.4 Å². The molecule has 2 nitrogen and oxygen atoms in total. The molecule has 1 N–H and O–H groups in total. The summed E-state index contributed by atoms with van der Waals surface area (Å²) >= 11 is 7.13. The Morgan fingerprint density at radius 2 is 1.89 bits per heavy atom. The van der Waals surface area contributed by atoms with Gasteiger partial charge in [-0.2, -0.15) is 13.2 Å². The first kappa shape index (κ1) is 15.2. The maximum Gasteiger partial charge on any atom is 0.471 e. The molecule has 0 bridgehead atoms. The van der Waals surface area contributed by atoms with Crippen molar-refractivity contribution in [1.29, 1.82) is 0 Å². The molecule has 0 aliphatic carbocycles. The summed E-state index contributed by atoms with van der Waals surface area (Å²) in [6, 6.07) is 8.19. The molecule has 0 saturated heterocycles. The molecule has 0 aromatic heterocycles. The van der Waals surface area contributed by atoms with Gasteiger partial charge in [0.2, 0.25) is 0 Å². The highest BCUT2D eigenvalue weighted by Crippen LogP contribution is 2.28. The maximum atomic E-state index is 12.0. The van der Waals surface area contributed by atoms with Crippen molar-refractivity contribution in [2.24, 2.45) is 0 Å². The van der Waals surface area contributed by atoms with Crippen LogP contribution < -0.4 is 5.32 Å². The third kappa shape index (κ3) is 4.78. The van der Waals surface area contributed by atoms with Gasteiger partial charge >= 0.3 is 12.1 Å². The number of halogens is 4. The average Bonchev–Trinajstić information content (AvgIpc) is 2.28. The van der Waals surface area contributed by atoms with Gasteiger partial charge in [-0.25, -0.2) is 0 Å². The average molecular weight is 298 g/mol. The molecule has 1 aromatic rings. The predicted octanol–water partition coefficient (Wildman–Crippen LogP) is 3.41. The Kier molecular flexibility index (Phi) is 5.34. The lowest BCUT2D eigenvalue weighted by atomic mass is 10.4. The highest BCUT2D eigenvalue weighted by molar-refractivity contribution is 8.01. The molecule has 1 rings (SSSR count). The van der Waals surface area contributed by atoms with E-state index in [2.05, 4.69) is 0 Å². The Morgan fingerprint density at radius 3 is 2.39 bits per heavy atom. The van der Waals surface area contributed by atoms with E-state index in [1.54, 1.807) is 24.3 Å². The van der Waals surface area contributed by atoms with E-state index in [9.17, 15) is 18.0 Å². The fourth-order valence-corrected chi connectivity index (χ4v) is 2.30. The largest absolute Gasteiger partial charge is 0.471 e. The van der Waals surface area contributed by atoms with Crippen LogP contribution in [0.1, 0.15) is 6.92 Å². The monoisotopic (exact) mass is 297 g/mol. The maximum absolute atomic E-state index is 12.0. The van der Waals surface area contributed by atoms with Crippen molar-refractivity contribution in [2.45, 2.75) is 28.7 Å². The molecule has 0 heterocycles. The fourth-order valence-electron chi connectivity index (χ4n) is 1.09. The topological polar surface area (TPSA) is 29.1 Å². The molecular formula is C11H11ClF3NOS. The molecule has 100 valence electrons. The van der Waals surface area contributed by atoms with Gasteiger partial charge in [-0.05, 0) is 19.1 Å². The minimum Gasteiger partial charge on any atom is -0.343 e. The zero-order chi connectivity index (χ0) is 13.8. The summed E-state index contributed by atoms with van der Waals surface area (Å²) in [7, 11) is 0. The van der Waals surface area contributed by atoms with Gasteiger partial charge in [-0.1, -0.05) is 18.2 Å². The Bertz CT molecular complexity index is 399. The van der Waals surface area contributed by atoms with E-state index < -0.39 is 22.8 Å². The van der Waals surface area contributed by atoms with Gasteiger partial charge in [-0.3, -0.25) is 4.79 Å². The van der Waals surface area contributed by atoms with Crippen LogP contribution in [0.4, 0.5) is 13.2 Å². The van der Waals surface area contributed by atoms with Crippen LogP contribution in [0, 0.1) is 0 Å². The normalized spacial score (nSPS) is 14.9. The quantitative estimate of drug-likeness (QED) is 0.681. The van der Waals surface area contributed by atoms with E-state index in [1.807, 2.05) is 11.4 Å². The Labute approximate surface area is 112 Å². The van der Waals surface area contributed by atoms with Crippen LogP contribution in [0.15, 0.2) is 35.2 Å². The summed E-state index contributed by atoms with van der Waals surface area (Å²) in [5.41, 5.74) is 0. The molecular weight excluding hydrogens is 287 g/mol. The van der Waals surface area contributed by atoms with Crippen molar-refractivity contribution >= 4 is 29.3 Å². The number of hydrogen-bond donors (Lipinski definition) is 1. The van der Waals surface area contributed by atoms with Crippen molar-refractivity contribution in [3.05, 3.63) is 30.3 Å². The number of thioether (sulfide) groups is 1. The van der Waals surface area contributed by atoms with Gasteiger partial charge in [0.15, 0.2) is 0 Å². The van der Waals surface area contributed by atoms with E-state index >= 15 is 0 Å². The molecule has 1 amide bonds. The summed E-state index contributed by atoms with van der Waals surface area (Å²) < 4.78 is 35.4. The number of carbonyl (C=O) groups is 1. The number of alkyl halides is 4. The van der Waals surface area contributed by atoms with Crippen molar-refractivity contribution in [3.8, 4) is 0 Å². The molecule has 0 fully saturated rings. The highest BCUT2D eigenvalue weighted by Gasteiger charge is 2.39. The number of benzene rings is 1. The summed E-state index contributed by atoms with van der Waals surface area (Å²) in [5.74, 6) is -1.98. The molecule has 0 spiro atoms. The number of amides is 1. The lowest BCUT2D eigenvalue weighted by molar-refractivity contribution is -0.174. The fraction of sp³-hybridized carbons (Fsp3) is 0.364. The van der Waals surface area contributed by atoms with Crippen LogP contribution >= 0.6 is 23.4 Å². The van der Waals surface area contributed by atoms with Gasteiger partial charge in [0, 0.05) is 4.90 Å². The second-order valence-corrected chi connectivity index (χ2v) is 5.49. The molecule has 1 aromatic carbocycles. The van der Waals surface area contributed by atoms with Gasteiger partial charge < -0.3 is 5.32 Å². The smallest absolute Gasteiger partial charge is 0.343 e. The third-order valence-corrected chi connectivity index (χ3v) is 3.82. The van der Waals surface area contributed by atoms with Crippen molar-refractivity contribution in [1.82, 2.24) is 5.32 Å². The van der Waals surface area contributed by atoms with Gasteiger partial charge in [0.1, 0.15) is 4.71 Å². The molecule has 2 unspecified atom stereocenters. The summed E-state index contributed by atoms with van der Waals surface area (Å²) in [4.78, 5) is 11.6. The van der Waals surface area contributed by atoms with Crippen molar-refractivity contribution in [2.75, 3.05) is 0 Å². The number of rotatable bonds is 4. The second kappa shape index (κ2) is 6.33. The minimum atomic E-state index is -4.89. The van der Waals surface area contributed by atoms with Crippen LogP contribution in [0.5, 0.6) is 0 Å². The number of nitrogens with one attached hydrogen (secondary N) is 1. The summed E-state index contributed by atoms with van der Waals surface area (Å²) in [6.45, 7) is 1.43. The van der Waals surface area contributed by atoms with Crippen LogP contribution in [-0.2, 0) is 4.79 Å². The van der Waals surface area contributed by atoms with Gasteiger partial charge in [0.25, 0.3) is 0 Å². The molecule has 0 radical (unpaired) electrons. The lowest BCUT2D eigenvalue weighted by Gasteiger charge is -2.19. The first-order valence-corrected chi connectivity index (χ1v) is 6.36. The van der Waals surface area contributed by atoms with E-state index in [4.69, 9.17) is 11.6 Å². The third-order valence-electron chi connectivity index (χ3n) is 2.00. The molecule has 7 heteroatoms. The van der Waals surface area contributed by atoms with Crippen LogP contribution in [-0.4, -0.2) is 22.8 Å². The van der Waals surface area contributed by atoms with Crippen LogP contribution in [0.25, 0.3) is 0 Å². The first-order chi connectivity index (χ1) is 8.30. The molecule has 0 aliphatic rings. The zero-order valence-electron chi connectivity index (χ0n) is 9.37. The molecule has 18 heavy (non-hydrogen) atoms. The van der Waals surface area contributed by atoms with Crippen molar-refractivity contribution in [3.63, 3.8) is 0 Å². The van der Waals surface area contributed by atoms with E-state index in [0.717, 1.165) is 4.90 Å². The van der Waals surface area contributed by atoms with Crippen LogP contribution in [0.2, 0.25) is 0 Å². The van der Waals surface area contributed by atoms with Gasteiger partial charge in [0.05, 0.1) is 6.04 Å². The molecule has 2 atom stereocenters. The second-order valence-electron chi connectivity index (χ2n) is 3.54. The predicted molar refractivity (Wildman–Crippen MR) is 65.6 cm³/mol. The van der Waals surface area contributed by atoms with E-state index in [0.29, 0.717) is 0 Å². The SMILES string of the molecule is CC(NC(=O)C(F)(F)F)C(Cl)Sc1ccccc1. The molecule has 0 saturated carbocycles. The number of carbonyl (C=O) groups excluding carboxylic acids is 1. The van der Waals surface area contributed by atoms with E-state index in [-0.39, 0.29) is 0 Å². The number of hydrogen-bond acceptors (Lipinski definition) is 2. The highest BCUT2D eigenvalue weighted by atomic mass is 35.5. The zero-order valence-corrected chi connectivity index (χ0v) is 10.9. The summed E-state index contributed by atoms with van der Waals surface area (Å²) in [6.07, 6.45) is -4.89.